The van der Waals surface area contributed by atoms with Crippen LogP contribution < -0.4 is 0 Å². The Hall–Kier alpha value is -3.32. The van der Waals surface area contributed by atoms with Gasteiger partial charge in [0.15, 0.2) is 0 Å². The molecule has 5 nitrogen and oxygen atoms in total. The summed E-state index contributed by atoms with van der Waals surface area (Å²) in [6.07, 6.45) is 7.07. The van der Waals surface area contributed by atoms with Gasteiger partial charge in [0.05, 0.1) is 34.2 Å². The quantitative estimate of drug-likeness (QED) is 0.248. The molecular formula is C25H19ClN5Os. The normalized spacial score (nSPS) is 9.56. The van der Waals surface area contributed by atoms with Gasteiger partial charge in [0.25, 0.3) is 0 Å². The standard InChI is InChI=1S/C15H11N3.C10H8N2.ClH.Os/c1-3-10-16-12(6-1)14-8-5-9-15(18-14)13-7-2-4-11-17-13;1-3-7-11-9(5-1)10-6-2-4-8-12-10;;/h1-11H;1-8H;1H;/q;;;+1/p-1. The molecule has 0 aliphatic heterocycles. The summed E-state index contributed by atoms with van der Waals surface area (Å²) >= 11 is 1.33. The molecule has 0 fully saturated rings. The van der Waals surface area contributed by atoms with Crippen molar-refractivity contribution in [2.45, 2.75) is 0 Å². The molecule has 0 aliphatic rings. The Morgan fingerprint density at radius 1 is 0.375 bits per heavy atom. The fraction of sp³-hybridized carbons (Fsp3) is 0. The van der Waals surface area contributed by atoms with E-state index in [2.05, 4.69) is 34.6 Å². The van der Waals surface area contributed by atoms with E-state index in [9.17, 15) is 0 Å². The summed E-state index contributed by atoms with van der Waals surface area (Å²) in [6.45, 7) is 0. The molecule has 0 saturated heterocycles. The maximum absolute atomic E-state index is 4.67. The van der Waals surface area contributed by atoms with Crippen molar-refractivity contribution in [1.29, 1.82) is 0 Å². The largest absolute Gasteiger partial charge is 0.255 e. The molecule has 0 bridgehead atoms. The Labute approximate surface area is 201 Å². The van der Waals surface area contributed by atoms with Crippen molar-refractivity contribution >= 4 is 9.64 Å². The number of aromatic nitrogens is 5. The van der Waals surface area contributed by atoms with Crippen molar-refractivity contribution in [2.75, 3.05) is 0 Å². The number of hydrogen-bond acceptors (Lipinski definition) is 5. The van der Waals surface area contributed by atoms with Gasteiger partial charge >= 0.3 is 27.2 Å². The molecule has 0 unspecified atom stereocenters. The Morgan fingerprint density at radius 2 is 0.656 bits per heavy atom. The van der Waals surface area contributed by atoms with Crippen LogP contribution in [-0.4, -0.2) is 24.9 Å². The molecule has 5 aromatic rings. The first-order valence-corrected chi connectivity index (χ1v) is 12.8. The van der Waals surface area contributed by atoms with Gasteiger partial charge in [-0.3, -0.25) is 19.9 Å². The van der Waals surface area contributed by atoms with Crippen LogP contribution in [0.3, 0.4) is 0 Å². The average molecular weight is 615 g/mol. The summed E-state index contributed by atoms with van der Waals surface area (Å²) in [4.78, 5) is 21.6. The van der Waals surface area contributed by atoms with E-state index in [1.807, 2.05) is 91.0 Å². The van der Waals surface area contributed by atoms with Gasteiger partial charge in [0, 0.05) is 24.8 Å². The molecule has 0 spiro atoms. The van der Waals surface area contributed by atoms with Crippen molar-refractivity contribution in [3.63, 3.8) is 0 Å². The molecular weight excluding hydrogens is 596 g/mol. The number of rotatable bonds is 3. The van der Waals surface area contributed by atoms with Gasteiger partial charge in [-0.15, -0.1) is 0 Å². The van der Waals surface area contributed by atoms with Crippen LogP contribution in [0.15, 0.2) is 116 Å². The van der Waals surface area contributed by atoms with Gasteiger partial charge in [-0.25, -0.2) is 4.98 Å². The molecule has 159 valence electrons. The monoisotopic (exact) mass is 616 g/mol. The summed E-state index contributed by atoms with van der Waals surface area (Å²) in [5.74, 6) is 0. The van der Waals surface area contributed by atoms with Crippen molar-refractivity contribution < 1.29 is 17.6 Å². The molecule has 0 radical (unpaired) electrons. The zero-order chi connectivity index (χ0) is 22.4. The van der Waals surface area contributed by atoms with E-state index >= 15 is 0 Å². The van der Waals surface area contributed by atoms with Crippen LogP contribution in [0.1, 0.15) is 0 Å². The van der Waals surface area contributed by atoms with Gasteiger partial charge in [0.2, 0.25) is 0 Å². The molecule has 0 aromatic carbocycles. The van der Waals surface area contributed by atoms with Crippen LogP contribution >= 0.6 is 9.64 Å². The van der Waals surface area contributed by atoms with Crippen LogP contribution in [0.4, 0.5) is 0 Å². The second-order valence-corrected chi connectivity index (χ2v) is 6.27. The van der Waals surface area contributed by atoms with Gasteiger partial charge < -0.3 is 0 Å². The summed E-state index contributed by atoms with van der Waals surface area (Å²) in [7, 11) is 4.67. The van der Waals surface area contributed by atoms with E-state index in [-0.39, 0.29) is 0 Å². The molecule has 0 amide bonds. The first kappa shape index (κ1) is 23.3. The summed E-state index contributed by atoms with van der Waals surface area (Å²) in [5.41, 5.74) is 5.29. The molecule has 5 heterocycles. The second kappa shape index (κ2) is 13.2. The topological polar surface area (TPSA) is 64.5 Å². The molecule has 0 aliphatic carbocycles. The minimum absolute atomic E-state index is 0.860. The molecule has 5 aromatic heterocycles. The third-order valence-corrected chi connectivity index (χ3v) is 4.20. The van der Waals surface area contributed by atoms with Crippen molar-refractivity contribution in [3.8, 4) is 34.2 Å². The maximum atomic E-state index is 4.67. The minimum Gasteiger partial charge on any atom is -0.255 e. The van der Waals surface area contributed by atoms with Crippen LogP contribution in [0, 0.1) is 0 Å². The van der Waals surface area contributed by atoms with Crippen LogP contribution in [0.5, 0.6) is 0 Å². The predicted octanol–water partition coefficient (Wildman–Crippen LogP) is 6.04. The van der Waals surface area contributed by atoms with Crippen molar-refractivity contribution in [1.82, 2.24) is 24.9 Å². The number of hydrogen-bond donors (Lipinski definition) is 0. The van der Waals surface area contributed by atoms with Crippen molar-refractivity contribution in [2.24, 2.45) is 0 Å². The molecule has 5 rings (SSSR count). The Kier molecular flexibility index (Phi) is 9.60. The summed E-state index contributed by atoms with van der Waals surface area (Å²) in [6, 6.07) is 29.1. The predicted molar refractivity (Wildman–Crippen MR) is 124 cm³/mol. The molecule has 7 heteroatoms. The Morgan fingerprint density at radius 3 is 0.938 bits per heavy atom. The van der Waals surface area contributed by atoms with E-state index in [1.54, 1.807) is 24.8 Å². The first-order valence-electron chi connectivity index (χ1n) is 9.66. The molecule has 0 N–H and O–H groups in total. The minimum atomic E-state index is 0.860. The molecule has 0 atom stereocenters. The van der Waals surface area contributed by atoms with Gasteiger partial charge in [-0.2, -0.15) is 0 Å². The third kappa shape index (κ3) is 6.85. The first-order chi connectivity index (χ1) is 15.9. The fourth-order valence-electron chi connectivity index (χ4n) is 2.78. The smallest absolute Gasteiger partial charge is 0.0894 e. The number of nitrogens with zero attached hydrogens (tertiary/aromatic N) is 5. The van der Waals surface area contributed by atoms with E-state index in [0.29, 0.717) is 0 Å². The van der Waals surface area contributed by atoms with Gasteiger partial charge in [-0.1, -0.05) is 30.3 Å². The fourth-order valence-corrected chi connectivity index (χ4v) is 2.78. The summed E-state index contributed by atoms with van der Waals surface area (Å²) in [5, 5.41) is 0. The van der Waals surface area contributed by atoms with Crippen LogP contribution in [0.2, 0.25) is 0 Å². The van der Waals surface area contributed by atoms with Gasteiger partial charge in [-0.05, 0) is 60.7 Å². The SMILES string of the molecule is [Cl][Os].c1ccc(-c2cccc(-c3ccccn3)n2)nc1.c1ccc(-c2ccccn2)nc1. The zero-order valence-corrected chi connectivity index (χ0v) is 20.2. The van der Waals surface area contributed by atoms with E-state index < -0.39 is 0 Å². The zero-order valence-electron chi connectivity index (χ0n) is 16.9. The van der Waals surface area contributed by atoms with Crippen LogP contribution in [-0.2, 0) is 17.6 Å². The number of pyridine rings is 5. The summed E-state index contributed by atoms with van der Waals surface area (Å²) < 4.78 is 0. The Bertz CT molecular complexity index is 1090. The Balaban J connectivity index is 0.000000180. The third-order valence-electron chi connectivity index (χ3n) is 4.20. The van der Waals surface area contributed by atoms with Crippen LogP contribution in [0.25, 0.3) is 34.2 Å². The number of halogens is 1. The van der Waals surface area contributed by atoms with E-state index in [1.165, 1.54) is 17.6 Å². The van der Waals surface area contributed by atoms with E-state index in [4.69, 9.17) is 0 Å². The molecule has 0 saturated carbocycles. The van der Waals surface area contributed by atoms with Gasteiger partial charge in [0.1, 0.15) is 0 Å². The second-order valence-electron chi connectivity index (χ2n) is 6.27. The molecule has 32 heavy (non-hydrogen) atoms. The van der Waals surface area contributed by atoms with E-state index in [0.717, 1.165) is 34.2 Å². The average Bonchev–Trinajstić information content (AvgIpc) is 2.92. The van der Waals surface area contributed by atoms with Crippen molar-refractivity contribution in [3.05, 3.63) is 116 Å². The maximum Gasteiger partial charge on any atom is 0.0894 e.